The van der Waals surface area contributed by atoms with E-state index in [1.807, 2.05) is 48.2 Å². The van der Waals surface area contributed by atoms with Crippen molar-refractivity contribution in [3.8, 4) is 0 Å². The van der Waals surface area contributed by atoms with Crippen molar-refractivity contribution in [3.63, 3.8) is 0 Å². The van der Waals surface area contributed by atoms with Crippen LogP contribution in [-0.4, -0.2) is 43.3 Å². The monoisotopic (exact) mass is 544 g/mol. The first-order valence-electron chi connectivity index (χ1n) is 12.7. The Balaban J connectivity index is 1.26. The third-order valence-corrected chi connectivity index (χ3v) is 7.68. The van der Waals surface area contributed by atoms with Crippen LogP contribution in [0.1, 0.15) is 47.6 Å². The van der Waals surface area contributed by atoms with E-state index >= 15 is 0 Å². The SMILES string of the molecule is C[C@H](Nc1ncnc2cc(C(=O)N3CCC[C@H]3Cc3ccccc3)c(Cl)cc12)c1nc2cc(Cl)ccc2[nH]1. The molecule has 1 saturated heterocycles. The van der Waals surface area contributed by atoms with Crippen LogP contribution in [0.15, 0.2) is 67.0 Å². The van der Waals surface area contributed by atoms with Crippen molar-refractivity contribution >= 4 is 56.9 Å². The number of hydrogen-bond donors (Lipinski definition) is 2. The molecule has 2 aromatic heterocycles. The van der Waals surface area contributed by atoms with Crippen molar-refractivity contribution in [2.75, 3.05) is 11.9 Å². The van der Waals surface area contributed by atoms with E-state index in [-0.39, 0.29) is 18.0 Å². The number of carbonyl (C=O) groups excluding carboxylic acids is 1. The molecule has 0 bridgehead atoms. The predicted octanol–water partition coefficient (Wildman–Crippen LogP) is 6.83. The number of likely N-dealkylation sites (tertiary alicyclic amines) is 1. The summed E-state index contributed by atoms with van der Waals surface area (Å²) in [6.45, 7) is 2.72. The summed E-state index contributed by atoms with van der Waals surface area (Å²) >= 11 is 12.8. The fourth-order valence-corrected chi connectivity index (χ4v) is 5.60. The van der Waals surface area contributed by atoms with Crippen LogP contribution in [0.5, 0.6) is 0 Å². The van der Waals surface area contributed by atoms with E-state index in [0.717, 1.165) is 48.1 Å². The number of nitrogens with one attached hydrogen (secondary N) is 2. The molecule has 0 unspecified atom stereocenters. The maximum Gasteiger partial charge on any atom is 0.255 e. The molecule has 6 rings (SSSR count). The number of carbonyl (C=O) groups is 1. The minimum Gasteiger partial charge on any atom is -0.360 e. The largest absolute Gasteiger partial charge is 0.360 e. The Morgan fingerprint density at radius 2 is 1.95 bits per heavy atom. The van der Waals surface area contributed by atoms with Crippen molar-refractivity contribution in [1.82, 2.24) is 24.8 Å². The van der Waals surface area contributed by atoms with Gasteiger partial charge >= 0.3 is 0 Å². The number of amides is 1. The molecule has 192 valence electrons. The van der Waals surface area contributed by atoms with Crippen LogP contribution in [0.3, 0.4) is 0 Å². The van der Waals surface area contributed by atoms with Gasteiger partial charge in [0.25, 0.3) is 5.91 Å². The number of fused-ring (bicyclic) bond motifs is 2. The smallest absolute Gasteiger partial charge is 0.255 e. The van der Waals surface area contributed by atoms with Gasteiger partial charge in [0.05, 0.1) is 33.2 Å². The molecule has 1 aliphatic rings. The Bertz CT molecular complexity index is 1640. The lowest BCUT2D eigenvalue weighted by atomic mass is 10.0. The lowest BCUT2D eigenvalue weighted by Gasteiger charge is -2.25. The van der Waals surface area contributed by atoms with E-state index in [4.69, 9.17) is 23.2 Å². The zero-order valence-corrected chi connectivity index (χ0v) is 22.3. The molecule has 0 spiro atoms. The number of halogens is 2. The second-order valence-electron chi connectivity index (χ2n) is 9.71. The van der Waals surface area contributed by atoms with E-state index in [1.54, 1.807) is 12.1 Å². The summed E-state index contributed by atoms with van der Waals surface area (Å²) in [6.07, 6.45) is 4.29. The number of benzene rings is 3. The first-order valence-corrected chi connectivity index (χ1v) is 13.4. The fraction of sp³-hybridized carbons (Fsp3) is 0.241. The molecular formula is C29H26Cl2N6O. The van der Waals surface area contributed by atoms with Gasteiger partial charge in [0.2, 0.25) is 0 Å². The van der Waals surface area contributed by atoms with Crippen LogP contribution in [0.2, 0.25) is 10.0 Å². The lowest BCUT2D eigenvalue weighted by Crippen LogP contribution is -2.37. The third-order valence-electron chi connectivity index (χ3n) is 7.13. The van der Waals surface area contributed by atoms with Crippen LogP contribution < -0.4 is 5.32 Å². The molecule has 0 radical (unpaired) electrons. The van der Waals surface area contributed by atoms with E-state index in [1.165, 1.54) is 11.9 Å². The van der Waals surface area contributed by atoms with Crippen molar-refractivity contribution in [3.05, 3.63) is 94.0 Å². The molecule has 5 aromatic rings. The number of hydrogen-bond acceptors (Lipinski definition) is 5. The van der Waals surface area contributed by atoms with Gasteiger partial charge in [-0.15, -0.1) is 0 Å². The van der Waals surface area contributed by atoms with Crippen molar-refractivity contribution in [2.45, 2.75) is 38.3 Å². The summed E-state index contributed by atoms with van der Waals surface area (Å²) < 4.78 is 0. The maximum absolute atomic E-state index is 13.6. The highest BCUT2D eigenvalue weighted by molar-refractivity contribution is 6.35. The molecule has 3 heterocycles. The molecule has 1 aliphatic heterocycles. The van der Waals surface area contributed by atoms with Gasteiger partial charge in [0, 0.05) is 23.0 Å². The van der Waals surface area contributed by atoms with Gasteiger partial charge in [-0.25, -0.2) is 15.0 Å². The molecule has 7 nitrogen and oxygen atoms in total. The highest BCUT2D eigenvalue weighted by Gasteiger charge is 2.31. The molecule has 38 heavy (non-hydrogen) atoms. The Hall–Kier alpha value is -3.68. The minimum absolute atomic E-state index is 0.0576. The van der Waals surface area contributed by atoms with Crippen LogP contribution in [-0.2, 0) is 6.42 Å². The van der Waals surface area contributed by atoms with Crippen LogP contribution in [0.4, 0.5) is 5.82 Å². The molecule has 1 amide bonds. The zero-order chi connectivity index (χ0) is 26.2. The van der Waals surface area contributed by atoms with Gasteiger partial charge in [-0.1, -0.05) is 53.5 Å². The number of rotatable bonds is 6. The average Bonchev–Trinajstić information content (AvgIpc) is 3.56. The summed E-state index contributed by atoms with van der Waals surface area (Å²) in [7, 11) is 0. The van der Waals surface area contributed by atoms with Crippen molar-refractivity contribution in [1.29, 1.82) is 0 Å². The highest BCUT2D eigenvalue weighted by atomic mass is 35.5. The lowest BCUT2D eigenvalue weighted by molar-refractivity contribution is 0.0737. The number of imidazole rings is 1. The number of nitrogens with zero attached hydrogens (tertiary/aromatic N) is 4. The number of aromatic amines is 1. The normalized spacial score (nSPS) is 16.3. The first kappa shape index (κ1) is 24.6. The minimum atomic E-state index is -0.178. The molecule has 2 atom stereocenters. The molecule has 0 saturated carbocycles. The van der Waals surface area contributed by atoms with E-state index in [2.05, 4.69) is 37.4 Å². The average molecular weight is 545 g/mol. The summed E-state index contributed by atoms with van der Waals surface area (Å²) in [6, 6.07) is 19.4. The number of aromatic nitrogens is 4. The predicted molar refractivity (Wildman–Crippen MR) is 152 cm³/mol. The molecule has 0 aliphatic carbocycles. The maximum atomic E-state index is 13.6. The summed E-state index contributed by atoms with van der Waals surface area (Å²) in [4.78, 5) is 32.5. The van der Waals surface area contributed by atoms with Gasteiger partial charge in [0.15, 0.2) is 0 Å². The number of H-pyrrole nitrogens is 1. The second kappa shape index (κ2) is 10.2. The molecule has 9 heteroatoms. The topological polar surface area (TPSA) is 86.8 Å². The fourth-order valence-electron chi connectivity index (χ4n) is 5.19. The van der Waals surface area contributed by atoms with Crippen LogP contribution in [0.25, 0.3) is 21.9 Å². The standard InChI is InChI=1S/C29H26Cl2N6O/c1-17(27-35-24-10-9-19(30)13-26(24)36-27)34-28-22-14-23(31)21(15-25(22)32-16-33-28)29(38)37-11-5-8-20(37)12-18-6-3-2-4-7-18/h2-4,6-7,9-10,13-17,20H,5,8,11-12H2,1H3,(H,35,36)(H,32,33,34)/t17-,20-/m0/s1. The van der Waals surface area contributed by atoms with Gasteiger partial charge in [0.1, 0.15) is 18.0 Å². The zero-order valence-electron chi connectivity index (χ0n) is 20.8. The molecular weight excluding hydrogens is 519 g/mol. The van der Waals surface area contributed by atoms with Crippen molar-refractivity contribution < 1.29 is 4.79 Å². The Morgan fingerprint density at radius 3 is 2.79 bits per heavy atom. The Kier molecular flexibility index (Phi) is 6.64. The number of anilines is 1. The highest BCUT2D eigenvalue weighted by Crippen LogP contribution is 2.32. The third kappa shape index (κ3) is 4.79. The summed E-state index contributed by atoms with van der Waals surface area (Å²) in [5.74, 6) is 1.31. The molecule has 2 N–H and O–H groups in total. The van der Waals surface area contributed by atoms with Gasteiger partial charge in [-0.05, 0) is 62.1 Å². The molecule has 3 aromatic carbocycles. The van der Waals surface area contributed by atoms with Crippen LogP contribution >= 0.6 is 23.2 Å². The van der Waals surface area contributed by atoms with Gasteiger partial charge in [-0.2, -0.15) is 0 Å². The Morgan fingerprint density at radius 1 is 1.11 bits per heavy atom. The van der Waals surface area contributed by atoms with Crippen LogP contribution in [0, 0.1) is 0 Å². The summed E-state index contributed by atoms with van der Waals surface area (Å²) in [5.41, 5.74) is 4.05. The quantitative estimate of drug-likeness (QED) is 0.244. The summed E-state index contributed by atoms with van der Waals surface area (Å²) in [5, 5.41) is 5.17. The van der Waals surface area contributed by atoms with Gasteiger partial charge < -0.3 is 15.2 Å². The van der Waals surface area contributed by atoms with Gasteiger partial charge in [-0.3, -0.25) is 4.79 Å². The first-order chi connectivity index (χ1) is 18.5. The second-order valence-corrected chi connectivity index (χ2v) is 10.5. The van der Waals surface area contributed by atoms with E-state index in [9.17, 15) is 4.79 Å². The van der Waals surface area contributed by atoms with Crippen molar-refractivity contribution in [2.24, 2.45) is 0 Å². The van der Waals surface area contributed by atoms with E-state index < -0.39 is 0 Å². The van der Waals surface area contributed by atoms with E-state index in [0.29, 0.717) is 26.9 Å². The molecule has 1 fully saturated rings. The Labute approximate surface area is 230 Å².